The molecule has 1 saturated heterocycles. The first-order valence-corrected chi connectivity index (χ1v) is 12.6. The van der Waals surface area contributed by atoms with Crippen LogP contribution in [0.2, 0.25) is 0 Å². The van der Waals surface area contributed by atoms with Gasteiger partial charge in [0.1, 0.15) is 5.82 Å². The number of likely N-dealkylation sites (tertiary alicyclic amines) is 1. The third-order valence-corrected chi connectivity index (χ3v) is 7.51. The predicted octanol–water partition coefficient (Wildman–Crippen LogP) is 7.70. The van der Waals surface area contributed by atoms with E-state index in [0.29, 0.717) is 23.3 Å². The largest absolute Gasteiger partial charge is 0.465 e. The average Bonchev–Trinajstić information content (AvgIpc) is 2.86. The van der Waals surface area contributed by atoms with Crippen LogP contribution in [0.25, 0.3) is 0 Å². The fraction of sp³-hybridized carbons (Fsp3) is 0.429. The van der Waals surface area contributed by atoms with Crippen molar-refractivity contribution in [3.05, 3.63) is 82.7 Å². The van der Waals surface area contributed by atoms with Crippen molar-refractivity contribution >= 4 is 12.1 Å². The Bertz CT molecular complexity index is 1280. The number of hydrogen-bond donors (Lipinski definition) is 2. The molecule has 0 bridgehead atoms. The molecule has 0 aliphatic carbocycles. The Balaban J connectivity index is 2.04. The molecular formula is C28H30F7N3O3. The Morgan fingerprint density at radius 3 is 2.22 bits per heavy atom. The van der Waals surface area contributed by atoms with Crippen LogP contribution in [0.4, 0.5) is 40.3 Å². The molecule has 1 aliphatic rings. The number of amides is 3. The zero-order chi connectivity index (χ0) is 30.9. The Morgan fingerprint density at radius 2 is 1.73 bits per heavy atom. The van der Waals surface area contributed by atoms with Gasteiger partial charge in [0.05, 0.1) is 28.7 Å². The first-order valence-electron chi connectivity index (χ1n) is 12.6. The topological polar surface area (TPSA) is 72.9 Å². The molecule has 41 heavy (non-hydrogen) atoms. The number of rotatable bonds is 6. The molecule has 0 radical (unpaired) electrons. The highest BCUT2D eigenvalue weighted by Gasteiger charge is 2.44. The van der Waals surface area contributed by atoms with E-state index in [1.54, 1.807) is 6.92 Å². The van der Waals surface area contributed by atoms with E-state index in [0.717, 1.165) is 4.90 Å². The quantitative estimate of drug-likeness (QED) is 0.268. The molecule has 13 heteroatoms. The van der Waals surface area contributed by atoms with Crippen LogP contribution in [0.3, 0.4) is 0 Å². The zero-order valence-corrected chi connectivity index (χ0v) is 22.5. The molecule has 2 N–H and O–H groups in total. The van der Waals surface area contributed by atoms with E-state index in [9.17, 15) is 45.4 Å². The first kappa shape index (κ1) is 31.8. The van der Waals surface area contributed by atoms with Crippen LogP contribution >= 0.6 is 0 Å². The number of aryl methyl sites for hydroxylation is 1. The minimum atomic E-state index is -5.05. The van der Waals surface area contributed by atoms with Gasteiger partial charge in [0, 0.05) is 13.6 Å². The molecule has 1 aliphatic heterocycles. The summed E-state index contributed by atoms with van der Waals surface area (Å²) in [6.07, 6.45) is -9.44. The zero-order valence-electron chi connectivity index (χ0n) is 22.5. The molecule has 0 spiro atoms. The second kappa shape index (κ2) is 11.6. The molecule has 0 unspecified atom stereocenters. The minimum absolute atomic E-state index is 0.0120. The van der Waals surface area contributed by atoms with Crippen LogP contribution in [0.15, 0.2) is 49.1 Å². The van der Waals surface area contributed by atoms with Gasteiger partial charge in [0.25, 0.3) is 0 Å². The summed E-state index contributed by atoms with van der Waals surface area (Å²) in [6, 6.07) is 2.35. The number of hydrogen-bond acceptors (Lipinski definition) is 2. The fourth-order valence-electron chi connectivity index (χ4n) is 5.26. The van der Waals surface area contributed by atoms with E-state index in [1.807, 2.05) is 0 Å². The third kappa shape index (κ3) is 7.12. The number of nitrogens with zero attached hydrogens (tertiary/aromatic N) is 2. The van der Waals surface area contributed by atoms with Gasteiger partial charge in [0.2, 0.25) is 0 Å². The van der Waals surface area contributed by atoms with E-state index < -0.39 is 59.0 Å². The van der Waals surface area contributed by atoms with Crippen LogP contribution in [-0.4, -0.2) is 46.2 Å². The third-order valence-electron chi connectivity index (χ3n) is 7.51. The second-order valence-electron chi connectivity index (χ2n) is 10.3. The summed E-state index contributed by atoms with van der Waals surface area (Å²) in [4.78, 5) is 27.8. The number of nitrogens with one attached hydrogen (secondary N) is 1. The van der Waals surface area contributed by atoms with E-state index in [1.165, 1.54) is 43.1 Å². The highest BCUT2D eigenvalue weighted by atomic mass is 19.4. The Morgan fingerprint density at radius 1 is 1.15 bits per heavy atom. The van der Waals surface area contributed by atoms with Crippen LogP contribution in [-0.2, 0) is 12.4 Å². The number of carboxylic acid groups (broad SMARTS) is 1. The minimum Gasteiger partial charge on any atom is -0.465 e. The Kier molecular flexibility index (Phi) is 8.99. The average molecular weight is 590 g/mol. The van der Waals surface area contributed by atoms with E-state index >= 15 is 0 Å². The molecule has 2 aromatic rings. The molecule has 1 heterocycles. The smallest absolute Gasteiger partial charge is 0.416 e. The fourth-order valence-corrected chi connectivity index (χ4v) is 5.26. The van der Waals surface area contributed by atoms with E-state index in [-0.39, 0.29) is 37.4 Å². The first-order chi connectivity index (χ1) is 18.9. The van der Waals surface area contributed by atoms with Gasteiger partial charge in [-0.1, -0.05) is 12.1 Å². The molecule has 2 aromatic carbocycles. The molecule has 6 nitrogen and oxygen atoms in total. The SMILES string of the molecule is C=CC[C@]1(NC(=O)O)CCN(C(=O)N(C)[C@H](C)c2cc(C(F)(F)F)cc(C(F)(F)F)c2)[C@@H](c2ccc(F)cc2C)C1. The summed E-state index contributed by atoms with van der Waals surface area (Å²) >= 11 is 0. The van der Waals surface area contributed by atoms with Gasteiger partial charge in [0.15, 0.2) is 0 Å². The number of carbonyl (C=O) groups is 2. The molecule has 3 rings (SSSR count). The lowest BCUT2D eigenvalue weighted by Crippen LogP contribution is -2.58. The van der Waals surface area contributed by atoms with Gasteiger partial charge in [-0.3, -0.25) is 0 Å². The summed E-state index contributed by atoms with van der Waals surface area (Å²) in [5.41, 5.74) is -3.41. The molecular weight excluding hydrogens is 559 g/mol. The van der Waals surface area contributed by atoms with Crippen molar-refractivity contribution in [3.8, 4) is 0 Å². The summed E-state index contributed by atoms with van der Waals surface area (Å²) in [5.74, 6) is -0.531. The lowest BCUT2D eigenvalue weighted by molar-refractivity contribution is -0.143. The van der Waals surface area contributed by atoms with Gasteiger partial charge >= 0.3 is 24.5 Å². The number of carbonyl (C=O) groups excluding carboxylic acids is 1. The lowest BCUT2D eigenvalue weighted by Gasteiger charge is -2.48. The van der Waals surface area contributed by atoms with Crippen molar-refractivity contribution in [1.82, 2.24) is 15.1 Å². The molecule has 0 saturated carbocycles. The monoisotopic (exact) mass is 589 g/mol. The van der Waals surface area contributed by atoms with Gasteiger partial charge in [-0.15, -0.1) is 6.58 Å². The normalized spacial score (nSPS) is 20.3. The maximum atomic E-state index is 13.9. The van der Waals surface area contributed by atoms with Gasteiger partial charge in [-0.05, 0) is 80.1 Å². The van der Waals surface area contributed by atoms with Crippen molar-refractivity contribution in [2.45, 2.75) is 63.1 Å². The Labute approximate surface area is 232 Å². The van der Waals surface area contributed by atoms with Gasteiger partial charge < -0.3 is 20.2 Å². The van der Waals surface area contributed by atoms with Crippen molar-refractivity contribution in [2.24, 2.45) is 0 Å². The van der Waals surface area contributed by atoms with Crippen molar-refractivity contribution in [1.29, 1.82) is 0 Å². The van der Waals surface area contributed by atoms with E-state index in [2.05, 4.69) is 11.9 Å². The van der Waals surface area contributed by atoms with Gasteiger partial charge in [-0.2, -0.15) is 26.3 Å². The van der Waals surface area contributed by atoms with E-state index in [4.69, 9.17) is 0 Å². The summed E-state index contributed by atoms with van der Waals surface area (Å²) in [7, 11) is 1.26. The number of urea groups is 1. The molecule has 3 amide bonds. The lowest BCUT2D eigenvalue weighted by atomic mass is 9.77. The number of piperidine rings is 1. The Hall–Kier alpha value is -3.77. The van der Waals surface area contributed by atoms with Crippen LogP contribution in [0, 0.1) is 12.7 Å². The van der Waals surface area contributed by atoms with Crippen molar-refractivity contribution in [2.75, 3.05) is 13.6 Å². The van der Waals surface area contributed by atoms with Crippen LogP contribution < -0.4 is 5.32 Å². The maximum Gasteiger partial charge on any atom is 0.416 e. The number of benzene rings is 2. The highest BCUT2D eigenvalue weighted by molar-refractivity contribution is 5.76. The predicted molar refractivity (Wildman–Crippen MR) is 137 cm³/mol. The van der Waals surface area contributed by atoms with Gasteiger partial charge in [-0.25, -0.2) is 14.0 Å². The summed E-state index contributed by atoms with van der Waals surface area (Å²) in [5, 5.41) is 12.0. The second-order valence-corrected chi connectivity index (χ2v) is 10.3. The summed E-state index contributed by atoms with van der Waals surface area (Å²) in [6.45, 7) is 6.60. The maximum absolute atomic E-state index is 13.9. The number of halogens is 7. The number of alkyl halides is 6. The highest BCUT2D eigenvalue weighted by Crippen LogP contribution is 2.42. The van der Waals surface area contributed by atoms with Crippen molar-refractivity contribution in [3.63, 3.8) is 0 Å². The standard InChI is InChI=1S/C28H30F7N3O3/c1-5-8-26(36-24(39)40)9-10-38(23(15-26)22-7-6-21(29)11-16(22)2)25(41)37(4)17(3)18-12-19(27(30,31)32)14-20(13-18)28(33,34)35/h5-7,11-14,17,23,36H,1,8-10,15H2,2-4H3,(H,39,40)/t17-,23-,26+/m1/s1. The molecule has 0 aromatic heterocycles. The van der Waals surface area contributed by atoms with Crippen LogP contribution in [0.1, 0.15) is 66.1 Å². The molecule has 3 atom stereocenters. The van der Waals surface area contributed by atoms with Crippen LogP contribution in [0.5, 0.6) is 0 Å². The molecule has 224 valence electrons. The molecule has 1 fully saturated rings. The summed E-state index contributed by atoms with van der Waals surface area (Å²) < 4.78 is 94.6. The van der Waals surface area contributed by atoms with Crippen molar-refractivity contribution < 1.29 is 45.4 Å².